The molecule has 5 aromatic rings. The maximum atomic E-state index is 13.5. The molecule has 7 nitrogen and oxygen atoms in total. The number of H-pyrrole nitrogens is 1. The molecule has 5 rings (SSSR count). The Kier molecular flexibility index (Phi) is 7.93. The molecule has 1 atom stereocenters. The Labute approximate surface area is 227 Å². The van der Waals surface area contributed by atoms with Crippen LogP contribution < -0.4 is 5.56 Å². The van der Waals surface area contributed by atoms with Crippen LogP contribution in [-0.4, -0.2) is 36.6 Å². The molecule has 0 saturated carbocycles. The van der Waals surface area contributed by atoms with Crippen LogP contribution in [0.5, 0.6) is 0 Å². The van der Waals surface area contributed by atoms with E-state index in [1.54, 1.807) is 16.8 Å². The van der Waals surface area contributed by atoms with Crippen molar-refractivity contribution in [1.29, 1.82) is 0 Å². The Morgan fingerprint density at radius 1 is 1.00 bits per heavy atom. The van der Waals surface area contributed by atoms with Gasteiger partial charge in [0.05, 0.1) is 12.6 Å². The van der Waals surface area contributed by atoms with Gasteiger partial charge in [-0.2, -0.15) is 0 Å². The van der Waals surface area contributed by atoms with Crippen molar-refractivity contribution in [1.82, 2.24) is 30.1 Å². The topological polar surface area (TPSA) is 79.7 Å². The number of halogens is 1. The van der Waals surface area contributed by atoms with Crippen molar-refractivity contribution in [3.63, 3.8) is 0 Å². The van der Waals surface area contributed by atoms with E-state index in [9.17, 15) is 9.18 Å². The number of aromatic nitrogens is 5. The first kappa shape index (κ1) is 26.4. The third-order valence-electron chi connectivity index (χ3n) is 7.22. The molecule has 2 aromatic heterocycles. The molecule has 0 aliphatic heterocycles. The predicted octanol–water partition coefficient (Wildman–Crippen LogP) is 5.51. The fourth-order valence-corrected chi connectivity index (χ4v) is 5.24. The van der Waals surface area contributed by atoms with E-state index in [0.29, 0.717) is 18.7 Å². The zero-order valence-electron chi connectivity index (χ0n) is 22.6. The van der Waals surface area contributed by atoms with Gasteiger partial charge in [0.15, 0.2) is 5.82 Å². The molecule has 0 unspecified atom stereocenters. The fraction of sp³-hybridized carbons (Fsp3) is 0.290. The highest BCUT2D eigenvalue weighted by molar-refractivity contribution is 5.83. The smallest absolute Gasteiger partial charge is 0.252 e. The third kappa shape index (κ3) is 6.12. The molecular formula is C31H33FN6O. The Hall–Kier alpha value is -4.17. The van der Waals surface area contributed by atoms with Crippen LogP contribution in [0.15, 0.2) is 77.6 Å². The highest BCUT2D eigenvalue weighted by Gasteiger charge is 2.26. The van der Waals surface area contributed by atoms with Crippen molar-refractivity contribution < 1.29 is 4.39 Å². The van der Waals surface area contributed by atoms with E-state index in [0.717, 1.165) is 52.8 Å². The SMILES string of the molecule is CC[C@H](c1nnnn1Cc1ccc(F)cc1)N(CCc1ccccc1)Cc1cc2c(C)cc(C)cc2[nH]c1=O. The molecule has 0 saturated heterocycles. The molecule has 1 N–H and O–H groups in total. The number of hydrogen-bond donors (Lipinski definition) is 1. The van der Waals surface area contributed by atoms with E-state index in [4.69, 9.17) is 0 Å². The van der Waals surface area contributed by atoms with Crippen molar-refractivity contribution in [3.05, 3.63) is 123 Å². The van der Waals surface area contributed by atoms with Crippen LogP contribution in [0.25, 0.3) is 10.9 Å². The Morgan fingerprint density at radius 3 is 2.51 bits per heavy atom. The first-order valence-electron chi connectivity index (χ1n) is 13.3. The molecule has 2 heterocycles. The second-order valence-electron chi connectivity index (χ2n) is 10.1. The Balaban J connectivity index is 1.49. The van der Waals surface area contributed by atoms with E-state index in [1.807, 2.05) is 37.3 Å². The largest absolute Gasteiger partial charge is 0.322 e. The van der Waals surface area contributed by atoms with E-state index in [1.165, 1.54) is 17.7 Å². The number of aromatic amines is 1. The van der Waals surface area contributed by atoms with Gasteiger partial charge in [-0.05, 0) is 83.6 Å². The van der Waals surface area contributed by atoms with Crippen molar-refractivity contribution >= 4 is 10.9 Å². The molecule has 0 spiro atoms. The lowest BCUT2D eigenvalue weighted by Crippen LogP contribution is -2.34. The summed E-state index contributed by atoms with van der Waals surface area (Å²) in [6.07, 6.45) is 1.57. The average molecular weight is 525 g/mol. The van der Waals surface area contributed by atoms with Crippen LogP contribution in [0.4, 0.5) is 4.39 Å². The normalized spacial score (nSPS) is 12.3. The van der Waals surface area contributed by atoms with Crippen LogP contribution in [-0.2, 0) is 19.5 Å². The van der Waals surface area contributed by atoms with Crippen LogP contribution in [0.3, 0.4) is 0 Å². The van der Waals surface area contributed by atoms with Gasteiger partial charge in [-0.25, -0.2) is 9.07 Å². The highest BCUT2D eigenvalue weighted by Crippen LogP contribution is 2.26. The number of tetrazole rings is 1. The summed E-state index contributed by atoms with van der Waals surface area (Å²) in [5, 5.41) is 13.7. The zero-order valence-corrected chi connectivity index (χ0v) is 22.6. The minimum Gasteiger partial charge on any atom is -0.322 e. The standard InChI is InChI=1S/C31H33FN6O/c1-4-29(30-34-35-36-38(30)19-24-10-12-26(32)13-11-24)37(15-14-23-8-6-5-7-9-23)20-25-18-27-22(3)16-21(2)17-28(27)33-31(25)39/h5-13,16-18,29H,4,14-15,19-20H2,1-3H3,(H,33,39)/t29-/m1/s1. The van der Waals surface area contributed by atoms with Crippen LogP contribution in [0.2, 0.25) is 0 Å². The molecular weight excluding hydrogens is 491 g/mol. The molecule has 8 heteroatoms. The average Bonchev–Trinajstić information content (AvgIpc) is 3.37. The van der Waals surface area contributed by atoms with Gasteiger partial charge in [0.1, 0.15) is 5.82 Å². The van der Waals surface area contributed by atoms with Crippen molar-refractivity contribution in [3.8, 4) is 0 Å². The van der Waals surface area contributed by atoms with Gasteiger partial charge in [-0.15, -0.1) is 5.10 Å². The van der Waals surface area contributed by atoms with Crippen molar-refractivity contribution in [2.24, 2.45) is 0 Å². The first-order chi connectivity index (χ1) is 18.9. The van der Waals surface area contributed by atoms with Gasteiger partial charge in [0.2, 0.25) is 0 Å². The van der Waals surface area contributed by atoms with E-state index in [-0.39, 0.29) is 17.4 Å². The summed E-state index contributed by atoms with van der Waals surface area (Å²) < 4.78 is 15.2. The van der Waals surface area contributed by atoms with E-state index >= 15 is 0 Å². The summed E-state index contributed by atoms with van der Waals surface area (Å²) in [6, 6.07) is 22.7. The third-order valence-corrected chi connectivity index (χ3v) is 7.22. The van der Waals surface area contributed by atoms with Crippen molar-refractivity contribution in [2.75, 3.05) is 6.54 Å². The van der Waals surface area contributed by atoms with Gasteiger partial charge in [0, 0.05) is 29.6 Å². The molecule has 0 amide bonds. The molecule has 3 aromatic carbocycles. The molecule has 0 aliphatic rings. The van der Waals surface area contributed by atoms with Gasteiger partial charge in [-0.1, -0.05) is 55.5 Å². The predicted molar refractivity (Wildman–Crippen MR) is 151 cm³/mol. The Bertz CT molecular complexity index is 1610. The van der Waals surface area contributed by atoms with Gasteiger partial charge in [-0.3, -0.25) is 9.69 Å². The first-order valence-corrected chi connectivity index (χ1v) is 13.3. The number of nitrogens with one attached hydrogen (secondary N) is 1. The number of hydrogen-bond acceptors (Lipinski definition) is 5. The van der Waals surface area contributed by atoms with Crippen molar-refractivity contribution in [2.45, 2.75) is 52.7 Å². The minimum absolute atomic E-state index is 0.0852. The second kappa shape index (κ2) is 11.7. The fourth-order valence-electron chi connectivity index (χ4n) is 5.24. The number of aryl methyl sites for hydroxylation is 2. The molecule has 0 aliphatic carbocycles. The lowest BCUT2D eigenvalue weighted by molar-refractivity contribution is 0.172. The summed E-state index contributed by atoms with van der Waals surface area (Å²) in [7, 11) is 0. The number of pyridine rings is 1. The number of benzene rings is 3. The maximum Gasteiger partial charge on any atom is 0.252 e. The number of nitrogens with zero attached hydrogens (tertiary/aromatic N) is 5. The molecule has 200 valence electrons. The number of fused-ring (bicyclic) bond motifs is 1. The minimum atomic E-state index is -0.278. The van der Waals surface area contributed by atoms with Gasteiger partial charge < -0.3 is 4.98 Å². The quantitative estimate of drug-likeness (QED) is 0.260. The summed E-state index contributed by atoms with van der Waals surface area (Å²) in [6.45, 7) is 7.81. The summed E-state index contributed by atoms with van der Waals surface area (Å²) >= 11 is 0. The molecule has 39 heavy (non-hydrogen) atoms. The lowest BCUT2D eigenvalue weighted by Gasteiger charge is -2.30. The summed E-state index contributed by atoms with van der Waals surface area (Å²) in [5.74, 6) is 0.444. The summed E-state index contributed by atoms with van der Waals surface area (Å²) in [4.78, 5) is 18.6. The Morgan fingerprint density at radius 2 is 1.77 bits per heavy atom. The molecule has 0 bridgehead atoms. The highest BCUT2D eigenvalue weighted by atomic mass is 19.1. The maximum absolute atomic E-state index is 13.5. The van der Waals surface area contributed by atoms with Crippen LogP contribution in [0.1, 0.15) is 53.0 Å². The van der Waals surface area contributed by atoms with Crippen LogP contribution in [0, 0.1) is 19.7 Å². The van der Waals surface area contributed by atoms with Gasteiger partial charge in [0.25, 0.3) is 5.56 Å². The zero-order chi connectivity index (χ0) is 27.4. The van der Waals surface area contributed by atoms with Gasteiger partial charge >= 0.3 is 0 Å². The van der Waals surface area contributed by atoms with E-state index in [2.05, 4.69) is 57.5 Å². The lowest BCUT2D eigenvalue weighted by atomic mass is 10.0. The second-order valence-corrected chi connectivity index (χ2v) is 10.1. The van der Waals surface area contributed by atoms with E-state index < -0.39 is 0 Å². The number of rotatable bonds is 10. The van der Waals surface area contributed by atoms with Crippen LogP contribution >= 0.6 is 0 Å². The molecule has 0 radical (unpaired) electrons. The monoisotopic (exact) mass is 524 g/mol. The molecule has 0 fully saturated rings. The summed E-state index contributed by atoms with van der Waals surface area (Å²) in [5.41, 5.74) is 5.86.